The number of nitrogens with zero attached hydrogens (tertiary/aromatic N) is 1. The van der Waals surface area contributed by atoms with Crippen LogP contribution in [0.5, 0.6) is 0 Å². The first-order valence-electron chi connectivity index (χ1n) is 5.17. The third-order valence-corrected chi connectivity index (χ3v) is 2.20. The Morgan fingerprint density at radius 3 is 2.88 bits per heavy atom. The van der Waals surface area contributed by atoms with Crippen LogP contribution in [0.15, 0.2) is 42.6 Å². The molecule has 0 N–H and O–H groups in total. The van der Waals surface area contributed by atoms with E-state index in [1.165, 1.54) is 0 Å². The fraction of sp³-hybridized carbons (Fsp3) is 0.250. The van der Waals surface area contributed by atoms with Gasteiger partial charge in [0.2, 0.25) is 0 Å². The summed E-state index contributed by atoms with van der Waals surface area (Å²) in [5.74, 6) is 0. The number of hydrogen-bond acceptors (Lipinski definition) is 3. The van der Waals surface area contributed by atoms with Crippen LogP contribution in [0.25, 0.3) is 0 Å². The van der Waals surface area contributed by atoms with Gasteiger partial charge < -0.3 is 4.74 Å². The molecule has 1 aliphatic rings. The van der Waals surface area contributed by atoms with Gasteiger partial charge in [-0.3, -0.25) is 4.84 Å². The molecule has 1 atom stereocenters. The molecule has 16 heavy (non-hydrogen) atoms. The van der Waals surface area contributed by atoms with Gasteiger partial charge in [0, 0.05) is 6.20 Å². The van der Waals surface area contributed by atoms with Gasteiger partial charge in [-0.25, -0.2) is 4.79 Å². The van der Waals surface area contributed by atoms with Crippen molar-refractivity contribution < 1.29 is 14.4 Å². The number of rotatable bonds is 2. The highest BCUT2D eigenvalue weighted by Gasteiger charge is 2.24. The molecule has 1 amide bonds. The van der Waals surface area contributed by atoms with E-state index in [9.17, 15) is 4.79 Å². The summed E-state index contributed by atoms with van der Waals surface area (Å²) in [4.78, 5) is 16.8. The third kappa shape index (κ3) is 2.23. The topological polar surface area (TPSA) is 38.8 Å². The predicted octanol–water partition coefficient (Wildman–Crippen LogP) is 2.65. The minimum atomic E-state index is -0.489. The van der Waals surface area contributed by atoms with Crippen molar-refractivity contribution in [1.29, 1.82) is 0 Å². The van der Waals surface area contributed by atoms with Crippen molar-refractivity contribution in [2.75, 3.05) is 6.61 Å². The average Bonchev–Trinajstić information content (AvgIpc) is 2.80. The number of amides is 1. The molecule has 1 aromatic carbocycles. The lowest BCUT2D eigenvalue weighted by molar-refractivity contribution is -0.112. The van der Waals surface area contributed by atoms with Gasteiger partial charge in [0.25, 0.3) is 0 Å². The Morgan fingerprint density at radius 2 is 2.19 bits per heavy atom. The predicted molar refractivity (Wildman–Crippen MR) is 58.3 cm³/mol. The van der Waals surface area contributed by atoms with Crippen LogP contribution in [-0.4, -0.2) is 17.8 Å². The van der Waals surface area contributed by atoms with E-state index in [0.717, 1.165) is 10.6 Å². The number of benzene rings is 1. The minimum absolute atomic E-state index is 0.217. The zero-order valence-electron chi connectivity index (χ0n) is 9.00. The molecule has 84 valence electrons. The summed E-state index contributed by atoms with van der Waals surface area (Å²) in [5.41, 5.74) is 1.01. The third-order valence-electron chi connectivity index (χ3n) is 2.20. The van der Waals surface area contributed by atoms with E-state index in [-0.39, 0.29) is 6.10 Å². The van der Waals surface area contributed by atoms with Gasteiger partial charge in [0.15, 0.2) is 0 Å². The summed E-state index contributed by atoms with van der Waals surface area (Å²) in [5, 5.41) is 1.11. The fourth-order valence-electron chi connectivity index (χ4n) is 1.45. The Balaban J connectivity index is 2.00. The van der Waals surface area contributed by atoms with E-state index in [0.29, 0.717) is 6.61 Å². The molecule has 1 aliphatic heterocycles. The Labute approximate surface area is 94.0 Å². The minimum Gasteiger partial charge on any atom is -0.448 e. The molecule has 0 aromatic heterocycles. The molecule has 0 saturated carbocycles. The number of hydroxylamine groups is 2. The SMILES string of the molecule is CCOC(=O)N1C=CC(c2ccccc2)O1. The van der Waals surface area contributed by atoms with E-state index in [1.54, 1.807) is 13.1 Å². The maximum absolute atomic E-state index is 11.3. The van der Waals surface area contributed by atoms with Crippen molar-refractivity contribution in [3.63, 3.8) is 0 Å². The molecule has 0 bridgehead atoms. The zero-order chi connectivity index (χ0) is 11.4. The molecule has 0 spiro atoms. The fourth-order valence-corrected chi connectivity index (χ4v) is 1.45. The van der Waals surface area contributed by atoms with Crippen molar-refractivity contribution in [1.82, 2.24) is 5.06 Å². The number of ether oxygens (including phenoxy) is 1. The summed E-state index contributed by atoms with van der Waals surface area (Å²) in [7, 11) is 0. The lowest BCUT2D eigenvalue weighted by Crippen LogP contribution is -2.24. The number of carbonyl (C=O) groups excluding carboxylic acids is 1. The van der Waals surface area contributed by atoms with Gasteiger partial charge in [-0.15, -0.1) is 0 Å². The summed E-state index contributed by atoms with van der Waals surface area (Å²) < 4.78 is 4.82. The molecule has 1 aromatic rings. The highest BCUT2D eigenvalue weighted by atomic mass is 16.7. The first-order chi connectivity index (χ1) is 7.81. The summed E-state index contributed by atoms with van der Waals surface area (Å²) in [6.45, 7) is 2.09. The number of hydrogen-bond donors (Lipinski definition) is 0. The summed E-state index contributed by atoms with van der Waals surface area (Å²) in [6.07, 6.45) is 2.69. The van der Waals surface area contributed by atoms with Gasteiger partial charge in [-0.05, 0) is 18.6 Å². The number of carbonyl (C=O) groups is 1. The molecule has 4 heteroatoms. The van der Waals surface area contributed by atoms with Gasteiger partial charge >= 0.3 is 6.09 Å². The van der Waals surface area contributed by atoms with E-state index in [2.05, 4.69) is 0 Å². The van der Waals surface area contributed by atoms with E-state index in [4.69, 9.17) is 9.57 Å². The molecule has 2 rings (SSSR count). The van der Waals surface area contributed by atoms with Crippen molar-refractivity contribution in [3.8, 4) is 0 Å². The monoisotopic (exact) mass is 219 g/mol. The van der Waals surface area contributed by atoms with Crippen molar-refractivity contribution in [2.24, 2.45) is 0 Å². The van der Waals surface area contributed by atoms with E-state index in [1.807, 2.05) is 36.4 Å². The molecule has 0 fully saturated rings. The van der Waals surface area contributed by atoms with Crippen LogP contribution >= 0.6 is 0 Å². The second-order valence-corrected chi connectivity index (χ2v) is 3.30. The Bertz CT molecular complexity index is 389. The largest absolute Gasteiger partial charge is 0.448 e. The van der Waals surface area contributed by atoms with Crippen LogP contribution in [0.1, 0.15) is 18.6 Å². The molecular weight excluding hydrogens is 206 g/mol. The molecule has 0 radical (unpaired) electrons. The van der Waals surface area contributed by atoms with Gasteiger partial charge in [0.05, 0.1) is 6.61 Å². The standard InChI is InChI=1S/C12H13NO3/c1-2-15-12(14)13-9-8-11(16-13)10-6-4-3-5-7-10/h3-9,11H,2H2,1H3. The Hall–Kier alpha value is -1.81. The van der Waals surface area contributed by atoms with E-state index >= 15 is 0 Å². The normalized spacial score (nSPS) is 18.8. The molecule has 0 saturated heterocycles. The molecule has 4 nitrogen and oxygen atoms in total. The Kier molecular flexibility index (Phi) is 3.22. The van der Waals surface area contributed by atoms with Crippen LogP contribution in [0.2, 0.25) is 0 Å². The van der Waals surface area contributed by atoms with E-state index < -0.39 is 6.09 Å². The second-order valence-electron chi connectivity index (χ2n) is 3.30. The van der Waals surface area contributed by atoms with Crippen molar-refractivity contribution >= 4 is 6.09 Å². The molecular formula is C12H13NO3. The van der Waals surface area contributed by atoms with Crippen LogP contribution in [0.4, 0.5) is 4.79 Å². The highest BCUT2D eigenvalue weighted by Crippen LogP contribution is 2.25. The van der Waals surface area contributed by atoms with Crippen molar-refractivity contribution in [3.05, 3.63) is 48.2 Å². The molecule has 1 unspecified atom stereocenters. The average molecular weight is 219 g/mol. The molecule has 1 heterocycles. The lowest BCUT2D eigenvalue weighted by atomic mass is 10.1. The first-order valence-corrected chi connectivity index (χ1v) is 5.17. The van der Waals surface area contributed by atoms with Gasteiger partial charge in [-0.2, -0.15) is 5.06 Å². The lowest BCUT2D eigenvalue weighted by Gasteiger charge is -2.15. The van der Waals surface area contributed by atoms with Gasteiger partial charge in [0.1, 0.15) is 6.10 Å². The quantitative estimate of drug-likeness (QED) is 0.767. The maximum atomic E-state index is 11.3. The first kappa shape index (κ1) is 10.7. The highest BCUT2D eigenvalue weighted by molar-refractivity contribution is 5.67. The summed E-state index contributed by atoms with van der Waals surface area (Å²) in [6, 6.07) is 9.69. The van der Waals surface area contributed by atoms with Crippen LogP contribution in [-0.2, 0) is 9.57 Å². The van der Waals surface area contributed by atoms with Crippen LogP contribution in [0.3, 0.4) is 0 Å². The van der Waals surface area contributed by atoms with Crippen LogP contribution in [0, 0.1) is 0 Å². The van der Waals surface area contributed by atoms with Gasteiger partial charge in [-0.1, -0.05) is 30.3 Å². The maximum Gasteiger partial charge on any atom is 0.438 e. The Morgan fingerprint density at radius 1 is 1.44 bits per heavy atom. The van der Waals surface area contributed by atoms with Crippen LogP contribution < -0.4 is 0 Å². The second kappa shape index (κ2) is 4.81. The summed E-state index contributed by atoms with van der Waals surface area (Å²) >= 11 is 0. The molecule has 0 aliphatic carbocycles. The zero-order valence-corrected chi connectivity index (χ0v) is 9.00. The van der Waals surface area contributed by atoms with Crippen molar-refractivity contribution in [2.45, 2.75) is 13.0 Å². The smallest absolute Gasteiger partial charge is 0.438 e.